The fourth-order valence-corrected chi connectivity index (χ4v) is 5.14. The van der Waals surface area contributed by atoms with E-state index < -0.39 is 0 Å². The zero-order valence-electron chi connectivity index (χ0n) is 14.7. The molecule has 0 N–H and O–H groups in total. The second-order valence-electron chi connectivity index (χ2n) is 7.12. The first-order valence-corrected chi connectivity index (χ1v) is 9.77. The van der Waals surface area contributed by atoms with Crippen molar-refractivity contribution in [2.45, 2.75) is 58.3 Å². The summed E-state index contributed by atoms with van der Waals surface area (Å²) in [7, 11) is 0. The molecule has 2 aromatic heterocycles. The van der Waals surface area contributed by atoms with E-state index in [0.717, 1.165) is 29.5 Å². The molecule has 0 unspecified atom stereocenters. The van der Waals surface area contributed by atoms with Crippen molar-refractivity contribution < 1.29 is 9.53 Å². The fraction of sp³-hybridized carbons (Fsp3) is 0.611. The number of amides is 1. The number of ether oxygens (including phenoxy) is 1. The van der Waals surface area contributed by atoms with Crippen molar-refractivity contribution >= 4 is 27.5 Å². The van der Waals surface area contributed by atoms with Gasteiger partial charge in [-0.05, 0) is 45.1 Å². The van der Waals surface area contributed by atoms with Gasteiger partial charge in [0.05, 0.1) is 23.9 Å². The molecule has 1 saturated heterocycles. The predicted octanol–water partition coefficient (Wildman–Crippen LogP) is 1.97. The van der Waals surface area contributed by atoms with Crippen molar-refractivity contribution in [3.05, 3.63) is 27.1 Å². The summed E-state index contributed by atoms with van der Waals surface area (Å²) in [6, 6.07) is 0. The van der Waals surface area contributed by atoms with Crippen molar-refractivity contribution in [3.8, 4) is 0 Å². The highest BCUT2D eigenvalue weighted by molar-refractivity contribution is 7.18. The molecule has 2 atom stereocenters. The van der Waals surface area contributed by atoms with E-state index in [0.29, 0.717) is 13.1 Å². The third-order valence-electron chi connectivity index (χ3n) is 5.02. The van der Waals surface area contributed by atoms with Crippen LogP contribution in [0.3, 0.4) is 0 Å². The average molecular weight is 361 g/mol. The number of aryl methyl sites for hydroxylation is 2. The number of nitrogens with zero attached hydrogens (tertiary/aromatic N) is 3. The van der Waals surface area contributed by atoms with Crippen LogP contribution in [0.5, 0.6) is 0 Å². The average Bonchev–Trinajstić information content (AvgIpc) is 2.95. The summed E-state index contributed by atoms with van der Waals surface area (Å²) in [6.07, 6.45) is 5.86. The quantitative estimate of drug-likeness (QED) is 0.820. The molecule has 0 aromatic carbocycles. The van der Waals surface area contributed by atoms with E-state index in [1.807, 2.05) is 13.8 Å². The summed E-state index contributed by atoms with van der Waals surface area (Å²) in [5, 5.41) is 0.735. The Bertz CT molecular complexity index is 862. The van der Waals surface area contributed by atoms with E-state index in [9.17, 15) is 9.59 Å². The highest BCUT2D eigenvalue weighted by Gasteiger charge is 2.27. The van der Waals surface area contributed by atoms with Gasteiger partial charge in [-0.3, -0.25) is 14.2 Å². The van der Waals surface area contributed by atoms with Gasteiger partial charge in [0.1, 0.15) is 11.4 Å². The molecule has 0 spiro atoms. The Labute approximate surface area is 150 Å². The number of morpholine rings is 1. The molecular weight excluding hydrogens is 338 g/mol. The highest BCUT2D eigenvalue weighted by atomic mass is 32.1. The minimum atomic E-state index is -0.0768. The molecular formula is C18H23N3O3S. The summed E-state index contributed by atoms with van der Waals surface area (Å²) in [5.74, 6) is -0.0469. The Morgan fingerprint density at radius 1 is 1.28 bits per heavy atom. The predicted molar refractivity (Wildman–Crippen MR) is 97.1 cm³/mol. The Hall–Kier alpha value is -1.73. The summed E-state index contributed by atoms with van der Waals surface area (Å²) >= 11 is 1.63. The molecule has 0 radical (unpaired) electrons. The number of carbonyl (C=O) groups is 1. The molecule has 1 aliphatic carbocycles. The topological polar surface area (TPSA) is 64.4 Å². The van der Waals surface area contributed by atoms with Crippen LogP contribution in [0.2, 0.25) is 0 Å². The molecule has 2 aliphatic rings. The Morgan fingerprint density at radius 3 is 2.76 bits per heavy atom. The number of carbonyl (C=O) groups excluding carboxylic acids is 1. The van der Waals surface area contributed by atoms with Gasteiger partial charge in [-0.2, -0.15) is 0 Å². The minimum Gasteiger partial charge on any atom is -0.372 e. The number of aromatic nitrogens is 2. The normalized spacial score (nSPS) is 23.7. The summed E-state index contributed by atoms with van der Waals surface area (Å²) in [4.78, 5) is 34.0. The Balaban J connectivity index is 1.62. The van der Waals surface area contributed by atoms with Crippen LogP contribution in [0.1, 0.15) is 37.1 Å². The van der Waals surface area contributed by atoms with Gasteiger partial charge >= 0.3 is 0 Å². The van der Waals surface area contributed by atoms with E-state index in [4.69, 9.17) is 4.74 Å². The number of hydrogen-bond acceptors (Lipinski definition) is 5. The zero-order chi connectivity index (χ0) is 17.6. The van der Waals surface area contributed by atoms with E-state index in [2.05, 4.69) is 4.98 Å². The molecule has 25 heavy (non-hydrogen) atoms. The Kier molecular flexibility index (Phi) is 4.37. The third kappa shape index (κ3) is 3.11. The first-order valence-electron chi connectivity index (χ1n) is 8.96. The minimum absolute atomic E-state index is 0.0221. The molecule has 3 heterocycles. The van der Waals surface area contributed by atoms with Gasteiger partial charge in [-0.1, -0.05) is 0 Å². The first-order chi connectivity index (χ1) is 12.0. The summed E-state index contributed by atoms with van der Waals surface area (Å²) in [6.45, 7) is 5.12. The van der Waals surface area contributed by atoms with Gasteiger partial charge in [0.2, 0.25) is 5.91 Å². The molecule has 6 nitrogen and oxygen atoms in total. The maximum absolute atomic E-state index is 12.9. The van der Waals surface area contributed by atoms with Gasteiger partial charge < -0.3 is 9.64 Å². The van der Waals surface area contributed by atoms with Gasteiger partial charge in [-0.15, -0.1) is 11.3 Å². The van der Waals surface area contributed by atoms with Gasteiger partial charge in [0, 0.05) is 18.0 Å². The molecule has 0 bridgehead atoms. The lowest BCUT2D eigenvalue weighted by atomic mass is 9.97. The van der Waals surface area contributed by atoms with Crippen LogP contribution in [-0.4, -0.2) is 45.7 Å². The lowest BCUT2D eigenvalue weighted by molar-refractivity contribution is -0.143. The Morgan fingerprint density at radius 2 is 2.00 bits per heavy atom. The lowest BCUT2D eigenvalue weighted by Gasteiger charge is -2.35. The standard InChI is InChI=1S/C18H23N3O3S/c1-11-7-20(8-12(2)24-11)15(22)9-21-10-19-17-16(18(21)23)13-5-3-4-6-14(13)25-17/h10-12H,3-9H2,1-2H3/t11-,12-/m1/s1. The number of fused-ring (bicyclic) bond motifs is 3. The van der Waals surface area contributed by atoms with E-state index in [1.54, 1.807) is 16.2 Å². The van der Waals surface area contributed by atoms with E-state index in [-0.39, 0.29) is 30.2 Å². The second kappa shape index (κ2) is 6.53. The molecule has 0 saturated carbocycles. The third-order valence-corrected chi connectivity index (χ3v) is 6.22. The van der Waals surface area contributed by atoms with Crippen LogP contribution in [0, 0.1) is 0 Å². The van der Waals surface area contributed by atoms with Crippen LogP contribution in [-0.2, 0) is 28.9 Å². The van der Waals surface area contributed by atoms with E-state index in [1.165, 1.54) is 27.8 Å². The van der Waals surface area contributed by atoms with Crippen LogP contribution >= 0.6 is 11.3 Å². The molecule has 1 aliphatic heterocycles. The van der Waals surface area contributed by atoms with Crippen molar-refractivity contribution in [2.24, 2.45) is 0 Å². The molecule has 7 heteroatoms. The summed E-state index contributed by atoms with van der Waals surface area (Å²) in [5.41, 5.74) is 1.09. The maximum atomic E-state index is 12.9. The smallest absolute Gasteiger partial charge is 0.262 e. The van der Waals surface area contributed by atoms with Crippen LogP contribution < -0.4 is 5.56 Å². The van der Waals surface area contributed by atoms with Crippen molar-refractivity contribution in [3.63, 3.8) is 0 Å². The SMILES string of the molecule is C[C@@H]1CN(C(=O)Cn2cnc3sc4c(c3c2=O)CCCC4)C[C@@H](C)O1. The molecule has 1 amide bonds. The molecule has 134 valence electrons. The van der Waals surface area contributed by atoms with Crippen LogP contribution in [0.4, 0.5) is 0 Å². The summed E-state index contributed by atoms with van der Waals surface area (Å²) < 4.78 is 7.15. The van der Waals surface area contributed by atoms with Crippen molar-refractivity contribution in [1.29, 1.82) is 0 Å². The zero-order valence-corrected chi connectivity index (χ0v) is 15.5. The highest BCUT2D eigenvalue weighted by Crippen LogP contribution is 2.33. The number of hydrogen-bond donors (Lipinski definition) is 0. The van der Waals surface area contributed by atoms with Crippen LogP contribution in [0.15, 0.2) is 11.1 Å². The van der Waals surface area contributed by atoms with Crippen molar-refractivity contribution in [2.75, 3.05) is 13.1 Å². The molecule has 4 rings (SSSR count). The number of thiophene rings is 1. The monoisotopic (exact) mass is 361 g/mol. The fourth-order valence-electron chi connectivity index (χ4n) is 3.92. The largest absolute Gasteiger partial charge is 0.372 e. The van der Waals surface area contributed by atoms with Gasteiger partial charge in [-0.25, -0.2) is 4.98 Å². The first kappa shape index (κ1) is 16.7. The molecule has 1 fully saturated rings. The lowest BCUT2D eigenvalue weighted by Crippen LogP contribution is -2.49. The van der Waals surface area contributed by atoms with Crippen LogP contribution in [0.25, 0.3) is 10.2 Å². The van der Waals surface area contributed by atoms with Gasteiger partial charge in [0.25, 0.3) is 5.56 Å². The number of rotatable bonds is 2. The molecule has 2 aromatic rings. The second-order valence-corrected chi connectivity index (χ2v) is 8.21. The maximum Gasteiger partial charge on any atom is 0.262 e. The van der Waals surface area contributed by atoms with E-state index >= 15 is 0 Å². The van der Waals surface area contributed by atoms with Gasteiger partial charge in [0.15, 0.2) is 0 Å². The van der Waals surface area contributed by atoms with Crippen molar-refractivity contribution in [1.82, 2.24) is 14.5 Å².